The number of rotatable bonds is 4. The molecule has 2 aromatic rings. The number of carbonyl (C=O) groups excluding carboxylic acids is 1. The van der Waals surface area contributed by atoms with Gasteiger partial charge in [-0.1, -0.05) is 48.0 Å². The number of hydrogen-bond donors (Lipinski definition) is 0. The number of benzene rings is 2. The number of ether oxygens (including phenoxy) is 1. The molecule has 2 heterocycles. The van der Waals surface area contributed by atoms with Crippen molar-refractivity contribution in [2.24, 2.45) is 0 Å². The van der Waals surface area contributed by atoms with E-state index in [-0.39, 0.29) is 18.2 Å². The van der Waals surface area contributed by atoms with Crippen LogP contribution in [0.1, 0.15) is 30.1 Å². The van der Waals surface area contributed by atoms with Crippen LogP contribution in [-0.4, -0.2) is 49.4 Å². The summed E-state index contributed by atoms with van der Waals surface area (Å²) in [6, 6.07) is 16.6. The van der Waals surface area contributed by atoms with Crippen LogP contribution in [0.5, 0.6) is 0 Å². The van der Waals surface area contributed by atoms with E-state index in [9.17, 15) is 13.2 Å². The third-order valence-electron chi connectivity index (χ3n) is 5.53. The fourth-order valence-corrected chi connectivity index (χ4v) is 5.34. The lowest BCUT2D eigenvalue weighted by molar-refractivity contribution is 0.121. The van der Waals surface area contributed by atoms with E-state index >= 15 is 0 Å². The van der Waals surface area contributed by atoms with Gasteiger partial charge in [0.2, 0.25) is 10.0 Å². The first kappa shape index (κ1) is 19.0. The number of cyclic esters (lactones) is 1. The Hall–Kier alpha value is -2.38. The monoisotopic (exact) mass is 400 g/mol. The molecule has 0 bridgehead atoms. The molecule has 4 rings (SSSR count). The maximum Gasteiger partial charge on any atom is 0.410 e. The second-order valence-corrected chi connectivity index (χ2v) is 9.32. The van der Waals surface area contributed by atoms with Crippen LogP contribution in [-0.2, 0) is 14.8 Å². The zero-order valence-electron chi connectivity index (χ0n) is 15.8. The van der Waals surface area contributed by atoms with E-state index in [4.69, 9.17) is 4.74 Å². The van der Waals surface area contributed by atoms with Crippen molar-refractivity contribution in [2.45, 2.75) is 36.8 Å². The van der Waals surface area contributed by atoms with Crippen molar-refractivity contribution in [1.29, 1.82) is 0 Å². The fraction of sp³-hybridized carbons (Fsp3) is 0.381. The van der Waals surface area contributed by atoms with Gasteiger partial charge in [-0.15, -0.1) is 0 Å². The molecule has 148 valence electrons. The predicted octanol–water partition coefficient (Wildman–Crippen LogP) is 3.34. The lowest BCUT2D eigenvalue weighted by Gasteiger charge is -2.34. The molecule has 0 spiro atoms. The fourth-order valence-electron chi connectivity index (χ4n) is 3.87. The maximum absolute atomic E-state index is 12.8. The van der Waals surface area contributed by atoms with Crippen molar-refractivity contribution in [3.8, 4) is 0 Å². The SMILES string of the molecule is Cc1ccc(S(=O)(=O)N2CCC(N3CC(c4ccccc4)OC3=O)CC2)cc1. The molecule has 1 unspecified atom stereocenters. The Morgan fingerprint density at radius 3 is 2.25 bits per heavy atom. The number of aryl methyl sites for hydroxylation is 1. The first-order valence-corrected chi connectivity index (χ1v) is 11.0. The van der Waals surface area contributed by atoms with E-state index in [1.54, 1.807) is 17.0 Å². The van der Waals surface area contributed by atoms with Gasteiger partial charge in [0.25, 0.3) is 0 Å². The van der Waals surface area contributed by atoms with Crippen molar-refractivity contribution >= 4 is 16.1 Å². The standard InChI is InChI=1S/C21H24N2O4S/c1-16-7-9-19(10-8-16)28(25,26)22-13-11-18(12-14-22)23-15-20(27-21(23)24)17-5-3-2-4-6-17/h2-10,18,20H,11-15H2,1H3. The van der Waals surface area contributed by atoms with E-state index in [2.05, 4.69) is 0 Å². The molecule has 1 atom stereocenters. The zero-order valence-corrected chi connectivity index (χ0v) is 16.6. The largest absolute Gasteiger partial charge is 0.439 e. The van der Waals surface area contributed by atoms with Gasteiger partial charge in [0.05, 0.1) is 11.4 Å². The van der Waals surface area contributed by atoms with Gasteiger partial charge >= 0.3 is 6.09 Å². The molecule has 0 aliphatic carbocycles. The van der Waals surface area contributed by atoms with Gasteiger partial charge in [0.1, 0.15) is 6.10 Å². The number of piperidine rings is 1. The second kappa shape index (κ2) is 7.56. The Labute approximate surface area is 165 Å². The van der Waals surface area contributed by atoms with E-state index < -0.39 is 10.0 Å². The third kappa shape index (κ3) is 3.64. The molecule has 2 aliphatic heterocycles. The zero-order chi connectivity index (χ0) is 19.7. The average Bonchev–Trinajstić information content (AvgIpc) is 3.11. The molecule has 7 heteroatoms. The van der Waals surface area contributed by atoms with Crippen LogP contribution in [0.3, 0.4) is 0 Å². The first-order chi connectivity index (χ1) is 13.4. The molecular formula is C21H24N2O4S. The lowest BCUT2D eigenvalue weighted by atomic mass is 10.0. The molecule has 2 aromatic carbocycles. The van der Waals surface area contributed by atoms with Crippen molar-refractivity contribution in [1.82, 2.24) is 9.21 Å². The van der Waals surface area contributed by atoms with Crippen LogP contribution in [0, 0.1) is 6.92 Å². The van der Waals surface area contributed by atoms with Crippen molar-refractivity contribution in [3.05, 3.63) is 65.7 Å². The Kier molecular flexibility index (Phi) is 5.12. The Morgan fingerprint density at radius 2 is 1.61 bits per heavy atom. The second-order valence-electron chi connectivity index (χ2n) is 7.38. The number of amides is 1. The topological polar surface area (TPSA) is 66.9 Å². The number of hydrogen-bond acceptors (Lipinski definition) is 4. The van der Waals surface area contributed by atoms with Gasteiger partial charge in [-0.05, 0) is 37.5 Å². The summed E-state index contributed by atoms with van der Waals surface area (Å²) in [7, 11) is -3.49. The number of carbonyl (C=O) groups is 1. The molecule has 2 fully saturated rings. The summed E-state index contributed by atoms with van der Waals surface area (Å²) in [6.45, 7) is 3.25. The minimum absolute atomic E-state index is 0.00526. The molecule has 0 radical (unpaired) electrons. The summed E-state index contributed by atoms with van der Waals surface area (Å²) in [4.78, 5) is 14.4. The first-order valence-electron chi connectivity index (χ1n) is 9.54. The molecule has 1 amide bonds. The summed E-state index contributed by atoms with van der Waals surface area (Å²) < 4.78 is 32.8. The van der Waals surface area contributed by atoms with Gasteiger partial charge < -0.3 is 9.64 Å². The van der Waals surface area contributed by atoms with Gasteiger partial charge in [0.15, 0.2) is 0 Å². The smallest absolute Gasteiger partial charge is 0.410 e. The highest BCUT2D eigenvalue weighted by molar-refractivity contribution is 7.89. The minimum Gasteiger partial charge on any atom is -0.439 e. The highest BCUT2D eigenvalue weighted by Crippen LogP contribution is 2.31. The highest BCUT2D eigenvalue weighted by Gasteiger charge is 2.39. The van der Waals surface area contributed by atoms with Gasteiger partial charge in [-0.25, -0.2) is 13.2 Å². The predicted molar refractivity (Wildman–Crippen MR) is 105 cm³/mol. The highest BCUT2D eigenvalue weighted by atomic mass is 32.2. The Balaban J connectivity index is 1.40. The van der Waals surface area contributed by atoms with Crippen LogP contribution in [0.25, 0.3) is 0 Å². The van der Waals surface area contributed by atoms with Crippen LogP contribution < -0.4 is 0 Å². The van der Waals surface area contributed by atoms with Crippen molar-refractivity contribution in [2.75, 3.05) is 19.6 Å². The summed E-state index contributed by atoms with van der Waals surface area (Å²) in [5.41, 5.74) is 2.01. The van der Waals surface area contributed by atoms with E-state index in [1.807, 2.05) is 49.4 Å². The van der Waals surface area contributed by atoms with Crippen LogP contribution in [0.15, 0.2) is 59.5 Å². The summed E-state index contributed by atoms with van der Waals surface area (Å²) >= 11 is 0. The van der Waals surface area contributed by atoms with Gasteiger partial charge in [0, 0.05) is 19.1 Å². The summed E-state index contributed by atoms with van der Waals surface area (Å²) in [5.74, 6) is 0. The normalized spacial score (nSPS) is 21.7. The number of nitrogens with zero attached hydrogens (tertiary/aromatic N) is 2. The van der Waals surface area contributed by atoms with Crippen molar-refractivity contribution in [3.63, 3.8) is 0 Å². The molecule has 0 aromatic heterocycles. The summed E-state index contributed by atoms with van der Waals surface area (Å²) in [5, 5.41) is 0. The maximum atomic E-state index is 12.8. The molecule has 0 saturated carbocycles. The van der Waals surface area contributed by atoms with Crippen LogP contribution >= 0.6 is 0 Å². The van der Waals surface area contributed by atoms with Crippen LogP contribution in [0.4, 0.5) is 4.79 Å². The van der Waals surface area contributed by atoms with Crippen molar-refractivity contribution < 1.29 is 17.9 Å². The molecule has 2 saturated heterocycles. The third-order valence-corrected chi connectivity index (χ3v) is 7.45. The van der Waals surface area contributed by atoms with E-state index in [0.717, 1.165) is 11.1 Å². The quantitative estimate of drug-likeness (QED) is 0.789. The van der Waals surface area contributed by atoms with E-state index in [1.165, 1.54) is 4.31 Å². The molecule has 0 N–H and O–H groups in total. The Morgan fingerprint density at radius 1 is 0.964 bits per heavy atom. The summed E-state index contributed by atoms with van der Waals surface area (Å²) in [6.07, 6.45) is 0.653. The minimum atomic E-state index is -3.49. The van der Waals surface area contributed by atoms with Gasteiger partial charge in [-0.2, -0.15) is 4.31 Å². The van der Waals surface area contributed by atoms with Gasteiger partial charge in [-0.3, -0.25) is 0 Å². The average molecular weight is 401 g/mol. The molecule has 6 nitrogen and oxygen atoms in total. The molecule has 28 heavy (non-hydrogen) atoms. The lowest BCUT2D eigenvalue weighted by Crippen LogP contribution is -2.47. The molecular weight excluding hydrogens is 376 g/mol. The number of sulfonamides is 1. The van der Waals surface area contributed by atoms with E-state index in [0.29, 0.717) is 37.4 Å². The van der Waals surface area contributed by atoms with Crippen LogP contribution in [0.2, 0.25) is 0 Å². The Bertz CT molecular complexity index is 936. The molecule has 2 aliphatic rings.